The molecule has 0 saturated carbocycles. The van der Waals surface area contributed by atoms with E-state index in [0.717, 1.165) is 34.3 Å². The Labute approximate surface area is 164 Å². The Morgan fingerprint density at radius 2 is 2.00 bits per heavy atom. The maximum atomic E-state index is 13.4. The maximum Gasteiger partial charge on any atom is 0.193 e. The lowest BCUT2D eigenvalue weighted by Crippen LogP contribution is -2.38. The Kier molecular flexibility index (Phi) is 6.03. The van der Waals surface area contributed by atoms with Gasteiger partial charge in [-0.25, -0.2) is 14.1 Å². The normalized spacial score (nSPS) is 11.5. The van der Waals surface area contributed by atoms with Crippen LogP contribution >= 0.6 is 0 Å². The molecule has 2 aromatic heterocycles. The maximum absolute atomic E-state index is 13.4. The van der Waals surface area contributed by atoms with Crippen molar-refractivity contribution < 1.29 is 4.39 Å². The molecule has 6 nitrogen and oxygen atoms in total. The third-order valence-corrected chi connectivity index (χ3v) is 4.37. The van der Waals surface area contributed by atoms with Crippen LogP contribution < -0.4 is 5.32 Å². The standard InChI is InChI=1S/C21H25FN6/c1-15-10-16(2)28(26-15)20-9-8-18(12-24-20)13-25-21(23-3)27(4)14-17-6-5-7-19(22)11-17/h5-12H,13-14H2,1-4H3,(H,23,25). The van der Waals surface area contributed by atoms with Crippen molar-refractivity contribution in [3.8, 4) is 5.82 Å². The molecule has 0 fully saturated rings. The van der Waals surface area contributed by atoms with Gasteiger partial charge < -0.3 is 10.2 Å². The Balaban J connectivity index is 1.61. The van der Waals surface area contributed by atoms with E-state index in [0.29, 0.717) is 13.1 Å². The van der Waals surface area contributed by atoms with Gasteiger partial charge in [0, 0.05) is 39.1 Å². The van der Waals surface area contributed by atoms with Crippen LogP contribution in [0.2, 0.25) is 0 Å². The van der Waals surface area contributed by atoms with E-state index < -0.39 is 0 Å². The molecule has 1 N–H and O–H groups in total. The van der Waals surface area contributed by atoms with Gasteiger partial charge in [-0.3, -0.25) is 4.99 Å². The molecule has 0 aliphatic carbocycles. The average molecular weight is 380 g/mol. The summed E-state index contributed by atoms with van der Waals surface area (Å²) >= 11 is 0. The summed E-state index contributed by atoms with van der Waals surface area (Å²) in [4.78, 5) is 10.8. The third-order valence-electron chi connectivity index (χ3n) is 4.37. The third kappa shape index (κ3) is 4.73. The van der Waals surface area contributed by atoms with Gasteiger partial charge in [0.2, 0.25) is 0 Å². The molecule has 0 spiro atoms. The molecular weight excluding hydrogens is 355 g/mol. The molecule has 3 rings (SSSR count). The van der Waals surface area contributed by atoms with Gasteiger partial charge >= 0.3 is 0 Å². The van der Waals surface area contributed by atoms with E-state index in [9.17, 15) is 4.39 Å². The second-order valence-electron chi connectivity index (χ2n) is 6.75. The van der Waals surface area contributed by atoms with Crippen LogP contribution in [0.5, 0.6) is 0 Å². The molecule has 0 aliphatic rings. The summed E-state index contributed by atoms with van der Waals surface area (Å²) in [5.74, 6) is 1.29. The lowest BCUT2D eigenvalue weighted by molar-refractivity contribution is 0.474. The van der Waals surface area contributed by atoms with Gasteiger partial charge in [-0.05, 0) is 49.2 Å². The van der Waals surface area contributed by atoms with E-state index in [1.165, 1.54) is 12.1 Å². The first-order valence-corrected chi connectivity index (χ1v) is 9.11. The van der Waals surface area contributed by atoms with Gasteiger partial charge in [0.25, 0.3) is 0 Å². The molecule has 0 bridgehead atoms. The van der Waals surface area contributed by atoms with Crippen molar-refractivity contribution in [3.63, 3.8) is 0 Å². The number of aliphatic imine (C=N–C) groups is 1. The van der Waals surface area contributed by atoms with Gasteiger partial charge in [-0.2, -0.15) is 5.10 Å². The summed E-state index contributed by atoms with van der Waals surface area (Å²) < 4.78 is 15.2. The van der Waals surface area contributed by atoms with Crippen molar-refractivity contribution in [1.82, 2.24) is 25.0 Å². The van der Waals surface area contributed by atoms with Crippen LogP contribution in [-0.2, 0) is 13.1 Å². The number of hydrogen-bond acceptors (Lipinski definition) is 3. The highest BCUT2D eigenvalue weighted by Gasteiger charge is 2.08. The summed E-state index contributed by atoms with van der Waals surface area (Å²) in [6.45, 7) is 5.13. The minimum Gasteiger partial charge on any atom is -0.352 e. The van der Waals surface area contributed by atoms with Crippen LogP contribution in [-0.4, -0.2) is 39.7 Å². The molecule has 1 aromatic carbocycles. The average Bonchev–Trinajstić information content (AvgIpc) is 3.01. The number of aryl methyl sites for hydroxylation is 2. The number of nitrogens with one attached hydrogen (secondary N) is 1. The Bertz CT molecular complexity index is 961. The first-order valence-electron chi connectivity index (χ1n) is 9.11. The van der Waals surface area contributed by atoms with Crippen LogP contribution in [0, 0.1) is 19.7 Å². The number of rotatable bonds is 5. The molecule has 0 saturated heterocycles. The quantitative estimate of drug-likeness (QED) is 0.545. The molecule has 2 heterocycles. The van der Waals surface area contributed by atoms with E-state index >= 15 is 0 Å². The Morgan fingerprint density at radius 1 is 1.18 bits per heavy atom. The monoisotopic (exact) mass is 380 g/mol. The fourth-order valence-electron chi connectivity index (χ4n) is 3.06. The first-order chi connectivity index (χ1) is 13.5. The smallest absolute Gasteiger partial charge is 0.193 e. The fraction of sp³-hybridized carbons (Fsp3) is 0.286. The van der Waals surface area contributed by atoms with E-state index in [2.05, 4.69) is 20.4 Å². The van der Waals surface area contributed by atoms with Crippen LogP contribution in [0.1, 0.15) is 22.5 Å². The molecule has 146 valence electrons. The van der Waals surface area contributed by atoms with E-state index in [1.807, 2.05) is 60.9 Å². The highest BCUT2D eigenvalue weighted by molar-refractivity contribution is 5.79. The zero-order valence-corrected chi connectivity index (χ0v) is 16.6. The number of hydrogen-bond donors (Lipinski definition) is 1. The summed E-state index contributed by atoms with van der Waals surface area (Å²) in [6, 6.07) is 12.6. The Morgan fingerprint density at radius 3 is 2.61 bits per heavy atom. The molecule has 7 heteroatoms. The van der Waals surface area contributed by atoms with E-state index in [1.54, 1.807) is 13.1 Å². The topological polar surface area (TPSA) is 58.3 Å². The second-order valence-corrected chi connectivity index (χ2v) is 6.75. The van der Waals surface area contributed by atoms with Crippen LogP contribution in [0.3, 0.4) is 0 Å². The van der Waals surface area contributed by atoms with Gasteiger partial charge in [0.05, 0.1) is 5.69 Å². The highest BCUT2D eigenvalue weighted by Crippen LogP contribution is 2.11. The summed E-state index contributed by atoms with van der Waals surface area (Å²) in [7, 11) is 3.65. The molecule has 0 amide bonds. The van der Waals surface area contributed by atoms with E-state index in [4.69, 9.17) is 0 Å². The van der Waals surface area contributed by atoms with Crippen molar-refractivity contribution in [2.24, 2.45) is 4.99 Å². The van der Waals surface area contributed by atoms with Gasteiger partial charge in [0.15, 0.2) is 11.8 Å². The largest absolute Gasteiger partial charge is 0.352 e. The minimum atomic E-state index is -0.234. The predicted octanol–water partition coefficient (Wildman–Crippen LogP) is 3.23. The zero-order chi connectivity index (χ0) is 20.1. The number of guanidine groups is 1. The molecule has 0 atom stereocenters. The van der Waals surface area contributed by atoms with Crippen molar-refractivity contribution >= 4 is 5.96 Å². The lowest BCUT2D eigenvalue weighted by Gasteiger charge is -2.22. The first kappa shape index (κ1) is 19.5. The molecule has 28 heavy (non-hydrogen) atoms. The summed E-state index contributed by atoms with van der Waals surface area (Å²) in [5, 5.41) is 7.77. The minimum absolute atomic E-state index is 0.234. The number of halogens is 1. The van der Waals surface area contributed by atoms with Crippen molar-refractivity contribution in [3.05, 3.63) is 77.0 Å². The number of benzene rings is 1. The van der Waals surface area contributed by atoms with Crippen LogP contribution in [0.4, 0.5) is 4.39 Å². The van der Waals surface area contributed by atoms with Crippen LogP contribution in [0.15, 0.2) is 53.7 Å². The summed E-state index contributed by atoms with van der Waals surface area (Å²) in [6.07, 6.45) is 1.83. The van der Waals surface area contributed by atoms with Gasteiger partial charge in [0.1, 0.15) is 5.82 Å². The number of aromatic nitrogens is 3. The Hall–Kier alpha value is -3.22. The number of nitrogens with zero attached hydrogens (tertiary/aromatic N) is 5. The molecule has 3 aromatic rings. The highest BCUT2D eigenvalue weighted by atomic mass is 19.1. The zero-order valence-electron chi connectivity index (χ0n) is 16.6. The van der Waals surface area contributed by atoms with Crippen molar-refractivity contribution in [1.29, 1.82) is 0 Å². The molecule has 0 unspecified atom stereocenters. The lowest BCUT2D eigenvalue weighted by atomic mass is 10.2. The van der Waals surface area contributed by atoms with Gasteiger partial charge in [-0.1, -0.05) is 18.2 Å². The molecule has 0 aliphatic heterocycles. The predicted molar refractivity (Wildman–Crippen MR) is 109 cm³/mol. The molecular formula is C21H25FN6. The van der Waals surface area contributed by atoms with Crippen molar-refractivity contribution in [2.75, 3.05) is 14.1 Å². The van der Waals surface area contributed by atoms with E-state index in [-0.39, 0.29) is 5.82 Å². The summed E-state index contributed by atoms with van der Waals surface area (Å²) in [5.41, 5.74) is 3.94. The number of pyridine rings is 1. The fourth-order valence-corrected chi connectivity index (χ4v) is 3.06. The SMILES string of the molecule is CN=C(NCc1ccc(-n2nc(C)cc2C)nc1)N(C)Cc1cccc(F)c1. The second kappa shape index (κ2) is 8.65. The van der Waals surface area contributed by atoms with Gasteiger partial charge in [-0.15, -0.1) is 0 Å². The molecule has 0 radical (unpaired) electrons. The van der Waals surface area contributed by atoms with Crippen molar-refractivity contribution in [2.45, 2.75) is 26.9 Å². The van der Waals surface area contributed by atoms with Crippen LogP contribution in [0.25, 0.3) is 5.82 Å².